The standard InChI is InChI=1S/C25H23N3O3S/c1-3-30-20-6-4-5-18(15-20)24(29)28-25(32)26-19-10-8-17(9-11-19)14-23-27-21-13-16(2)7-12-22(21)31-23/h4-13,15H,3,14H2,1-2H3,(H2,26,28,29,32). The lowest BCUT2D eigenvalue weighted by Crippen LogP contribution is -2.34. The first-order chi connectivity index (χ1) is 15.5. The maximum absolute atomic E-state index is 12.4. The second-order valence-electron chi connectivity index (χ2n) is 7.32. The van der Waals surface area contributed by atoms with Gasteiger partial charge in [0.15, 0.2) is 16.6 Å². The molecular weight excluding hydrogens is 422 g/mol. The number of amides is 1. The molecule has 0 aliphatic carbocycles. The van der Waals surface area contributed by atoms with Gasteiger partial charge in [-0.25, -0.2) is 4.98 Å². The average Bonchev–Trinajstić information content (AvgIpc) is 3.17. The number of hydrogen-bond donors (Lipinski definition) is 2. The van der Waals surface area contributed by atoms with E-state index in [-0.39, 0.29) is 11.0 Å². The molecular formula is C25H23N3O3S. The van der Waals surface area contributed by atoms with Crippen LogP contribution in [0.25, 0.3) is 11.1 Å². The van der Waals surface area contributed by atoms with Gasteiger partial charge in [-0.3, -0.25) is 10.1 Å². The Morgan fingerprint density at radius 3 is 2.69 bits per heavy atom. The Labute approximate surface area is 191 Å². The minimum absolute atomic E-state index is 0.221. The number of carbonyl (C=O) groups excluding carboxylic acids is 1. The fourth-order valence-corrected chi connectivity index (χ4v) is 3.48. The predicted molar refractivity (Wildman–Crippen MR) is 129 cm³/mol. The maximum Gasteiger partial charge on any atom is 0.257 e. The largest absolute Gasteiger partial charge is 0.494 e. The normalized spacial score (nSPS) is 10.7. The van der Waals surface area contributed by atoms with Gasteiger partial charge in [-0.1, -0.05) is 24.3 Å². The molecule has 0 aliphatic rings. The van der Waals surface area contributed by atoms with Crippen LogP contribution in [0.1, 0.15) is 34.3 Å². The molecule has 0 radical (unpaired) electrons. The van der Waals surface area contributed by atoms with Crippen molar-refractivity contribution in [2.45, 2.75) is 20.3 Å². The first-order valence-corrected chi connectivity index (χ1v) is 10.7. The molecule has 2 N–H and O–H groups in total. The van der Waals surface area contributed by atoms with Gasteiger partial charge in [-0.15, -0.1) is 0 Å². The van der Waals surface area contributed by atoms with Crippen LogP contribution in [-0.2, 0) is 6.42 Å². The summed E-state index contributed by atoms with van der Waals surface area (Å²) in [6.45, 7) is 4.46. The summed E-state index contributed by atoms with van der Waals surface area (Å²) < 4.78 is 11.3. The lowest BCUT2D eigenvalue weighted by Gasteiger charge is -2.11. The van der Waals surface area contributed by atoms with Crippen LogP contribution in [0.5, 0.6) is 5.75 Å². The Balaban J connectivity index is 1.35. The highest BCUT2D eigenvalue weighted by atomic mass is 32.1. The van der Waals surface area contributed by atoms with Crippen molar-refractivity contribution in [2.75, 3.05) is 11.9 Å². The summed E-state index contributed by atoms with van der Waals surface area (Å²) in [7, 11) is 0. The molecule has 4 rings (SSSR count). The number of aromatic nitrogens is 1. The van der Waals surface area contributed by atoms with Crippen LogP contribution in [-0.4, -0.2) is 22.6 Å². The maximum atomic E-state index is 12.4. The zero-order valence-corrected chi connectivity index (χ0v) is 18.7. The number of nitrogens with zero attached hydrogens (tertiary/aromatic N) is 1. The number of benzene rings is 3. The first-order valence-electron chi connectivity index (χ1n) is 10.3. The Morgan fingerprint density at radius 2 is 1.91 bits per heavy atom. The third-order valence-electron chi connectivity index (χ3n) is 4.79. The second kappa shape index (κ2) is 9.62. The molecule has 1 amide bonds. The van der Waals surface area contributed by atoms with E-state index in [1.165, 1.54) is 0 Å². The predicted octanol–water partition coefficient (Wildman–Crippen LogP) is 5.25. The molecule has 0 aliphatic heterocycles. The van der Waals surface area contributed by atoms with Crippen LogP contribution in [0.2, 0.25) is 0 Å². The summed E-state index contributed by atoms with van der Waals surface area (Å²) in [6.07, 6.45) is 0.589. The van der Waals surface area contributed by atoms with Crippen molar-refractivity contribution in [1.82, 2.24) is 10.3 Å². The summed E-state index contributed by atoms with van der Waals surface area (Å²) in [6, 6.07) is 20.7. The highest BCUT2D eigenvalue weighted by Gasteiger charge is 2.10. The van der Waals surface area contributed by atoms with Crippen LogP contribution in [0.15, 0.2) is 71.1 Å². The molecule has 0 spiro atoms. The first kappa shape index (κ1) is 21.5. The third kappa shape index (κ3) is 5.31. The number of nitrogens with one attached hydrogen (secondary N) is 2. The molecule has 3 aromatic carbocycles. The number of oxazole rings is 1. The summed E-state index contributed by atoms with van der Waals surface area (Å²) >= 11 is 5.28. The van der Waals surface area contributed by atoms with Crippen molar-refractivity contribution in [3.8, 4) is 5.75 Å². The van der Waals surface area contributed by atoms with Crippen LogP contribution < -0.4 is 15.4 Å². The van der Waals surface area contributed by atoms with E-state index in [9.17, 15) is 4.79 Å². The van der Waals surface area contributed by atoms with Gasteiger partial charge in [0.25, 0.3) is 5.91 Å². The summed E-state index contributed by atoms with van der Waals surface area (Å²) in [5, 5.41) is 5.94. The van der Waals surface area contributed by atoms with E-state index in [1.54, 1.807) is 24.3 Å². The van der Waals surface area contributed by atoms with E-state index in [2.05, 4.69) is 15.6 Å². The fourth-order valence-electron chi connectivity index (χ4n) is 3.27. The minimum atomic E-state index is -0.299. The highest BCUT2D eigenvalue weighted by molar-refractivity contribution is 7.80. The fraction of sp³-hybridized carbons (Fsp3) is 0.160. The molecule has 0 fully saturated rings. The molecule has 162 valence electrons. The van der Waals surface area contributed by atoms with Crippen LogP contribution in [0.3, 0.4) is 0 Å². The van der Waals surface area contributed by atoms with Crippen molar-refractivity contribution in [2.24, 2.45) is 0 Å². The average molecular weight is 446 g/mol. The Morgan fingerprint density at radius 1 is 1.09 bits per heavy atom. The van der Waals surface area contributed by atoms with Crippen LogP contribution >= 0.6 is 12.2 Å². The zero-order valence-electron chi connectivity index (χ0n) is 17.8. The molecule has 32 heavy (non-hydrogen) atoms. The molecule has 6 nitrogen and oxygen atoms in total. The van der Waals surface area contributed by atoms with Gasteiger partial charge in [0.2, 0.25) is 0 Å². The lowest BCUT2D eigenvalue weighted by atomic mass is 10.1. The molecule has 0 atom stereocenters. The molecule has 0 saturated carbocycles. The van der Waals surface area contributed by atoms with Crippen molar-refractivity contribution >= 4 is 40.0 Å². The number of hydrogen-bond acceptors (Lipinski definition) is 5. The van der Waals surface area contributed by atoms with Gasteiger partial charge in [-0.2, -0.15) is 0 Å². The molecule has 7 heteroatoms. The molecule has 1 aromatic heterocycles. The Hall–Kier alpha value is -3.71. The van der Waals surface area contributed by atoms with Gasteiger partial charge in [0, 0.05) is 17.7 Å². The van der Waals surface area contributed by atoms with E-state index < -0.39 is 0 Å². The minimum Gasteiger partial charge on any atom is -0.494 e. The van der Waals surface area contributed by atoms with Gasteiger partial charge < -0.3 is 14.5 Å². The summed E-state index contributed by atoms with van der Waals surface area (Å²) in [5.41, 5.74) is 5.11. The van der Waals surface area contributed by atoms with Crippen molar-refractivity contribution < 1.29 is 13.9 Å². The molecule has 1 heterocycles. The second-order valence-corrected chi connectivity index (χ2v) is 7.73. The van der Waals surface area contributed by atoms with E-state index in [1.807, 2.05) is 56.3 Å². The smallest absolute Gasteiger partial charge is 0.257 e. The number of anilines is 1. The molecule has 0 bridgehead atoms. The Bertz CT molecular complexity index is 1270. The number of ether oxygens (including phenoxy) is 1. The quantitative estimate of drug-likeness (QED) is 0.395. The van der Waals surface area contributed by atoms with Crippen LogP contribution in [0.4, 0.5) is 5.69 Å². The summed E-state index contributed by atoms with van der Waals surface area (Å²) in [5.74, 6) is 1.01. The topological polar surface area (TPSA) is 76.4 Å². The van der Waals surface area contributed by atoms with Crippen molar-refractivity contribution in [3.63, 3.8) is 0 Å². The van der Waals surface area contributed by atoms with E-state index in [0.717, 1.165) is 27.9 Å². The summed E-state index contributed by atoms with van der Waals surface area (Å²) in [4.78, 5) is 17.0. The number of aryl methyl sites for hydroxylation is 1. The molecule has 0 saturated heterocycles. The van der Waals surface area contributed by atoms with Gasteiger partial charge in [0.1, 0.15) is 11.3 Å². The van der Waals surface area contributed by atoms with E-state index in [4.69, 9.17) is 21.4 Å². The van der Waals surface area contributed by atoms with E-state index in [0.29, 0.717) is 30.2 Å². The molecule has 4 aromatic rings. The van der Waals surface area contributed by atoms with Gasteiger partial charge in [-0.05, 0) is 79.7 Å². The number of carbonyl (C=O) groups is 1. The van der Waals surface area contributed by atoms with Crippen molar-refractivity contribution in [3.05, 3.63) is 89.3 Å². The van der Waals surface area contributed by atoms with Gasteiger partial charge in [0.05, 0.1) is 6.61 Å². The number of rotatable bonds is 6. The van der Waals surface area contributed by atoms with Gasteiger partial charge >= 0.3 is 0 Å². The third-order valence-corrected chi connectivity index (χ3v) is 4.99. The lowest BCUT2D eigenvalue weighted by molar-refractivity contribution is 0.0977. The number of thiocarbonyl (C=S) groups is 1. The SMILES string of the molecule is CCOc1cccc(C(=O)NC(=S)Nc2ccc(Cc3nc4cc(C)ccc4o3)cc2)c1. The molecule has 0 unspecified atom stereocenters. The van der Waals surface area contributed by atoms with Crippen LogP contribution in [0, 0.1) is 6.92 Å². The monoisotopic (exact) mass is 445 g/mol. The highest BCUT2D eigenvalue weighted by Crippen LogP contribution is 2.20. The van der Waals surface area contributed by atoms with Crippen molar-refractivity contribution in [1.29, 1.82) is 0 Å². The Kier molecular flexibility index (Phi) is 6.47. The van der Waals surface area contributed by atoms with E-state index >= 15 is 0 Å². The zero-order chi connectivity index (χ0) is 22.5. The number of fused-ring (bicyclic) bond motifs is 1.